The largest absolute Gasteiger partial charge is 0.497 e. The van der Waals surface area contributed by atoms with Crippen LogP contribution in [-0.2, 0) is 20.9 Å². The summed E-state index contributed by atoms with van der Waals surface area (Å²) in [7, 11) is 1.61. The molecule has 2 heterocycles. The van der Waals surface area contributed by atoms with Crippen LogP contribution < -0.4 is 4.74 Å². The number of nitrogens with zero attached hydrogens (tertiary/aromatic N) is 1. The molecule has 150 valence electrons. The first-order valence-electron chi connectivity index (χ1n) is 9.73. The lowest BCUT2D eigenvalue weighted by molar-refractivity contribution is -0.140. The van der Waals surface area contributed by atoms with Crippen LogP contribution >= 0.6 is 11.3 Å². The van der Waals surface area contributed by atoms with E-state index < -0.39 is 5.97 Å². The monoisotopic (exact) mass is 409 g/mol. The third-order valence-corrected chi connectivity index (χ3v) is 6.46. The van der Waals surface area contributed by atoms with Crippen molar-refractivity contribution in [2.24, 2.45) is 10.9 Å². The smallest absolute Gasteiger partial charge is 0.336 e. The van der Waals surface area contributed by atoms with Gasteiger partial charge in [0.1, 0.15) is 18.1 Å². The van der Waals surface area contributed by atoms with Gasteiger partial charge in [0.15, 0.2) is 0 Å². The third kappa shape index (κ3) is 3.90. The van der Waals surface area contributed by atoms with Gasteiger partial charge < -0.3 is 9.47 Å². The topological polar surface area (TPSA) is 65.0 Å². The van der Waals surface area contributed by atoms with Gasteiger partial charge in [-0.3, -0.25) is 9.79 Å². The van der Waals surface area contributed by atoms with E-state index in [0.29, 0.717) is 17.7 Å². The molecule has 1 aliphatic carbocycles. The van der Waals surface area contributed by atoms with E-state index in [-0.39, 0.29) is 24.2 Å². The number of ether oxygens (including phenoxy) is 2. The van der Waals surface area contributed by atoms with Crippen LogP contribution in [0.4, 0.5) is 0 Å². The number of benzene rings is 1. The molecule has 2 aromatic rings. The van der Waals surface area contributed by atoms with Gasteiger partial charge in [-0.25, -0.2) is 4.79 Å². The summed E-state index contributed by atoms with van der Waals surface area (Å²) < 4.78 is 10.8. The van der Waals surface area contributed by atoms with Gasteiger partial charge in [-0.2, -0.15) is 0 Å². The second kappa shape index (κ2) is 8.33. The second-order valence-electron chi connectivity index (χ2n) is 7.32. The number of esters is 1. The molecule has 4 rings (SSSR count). The molecule has 6 heteroatoms. The highest BCUT2D eigenvalue weighted by atomic mass is 32.1. The number of hydrogen-bond acceptors (Lipinski definition) is 6. The van der Waals surface area contributed by atoms with Crippen LogP contribution in [-0.4, -0.2) is 24.6 Å². The lowest BCUT2D eigenvalue weighted by Crippen LogP contribution is -2.38. The molecule has 0 spiro atoms. The Bertz CT molecular complexity index is 973. The van der Waals surface area contributed by atoms with Gasteiger partial charge in [-0.15, -0.1) is 11.3 Å². The minimum absolute atomic E-state index is 0.159. The maximum absolute atomic E-state index is 13.1. The van der Waals surface area contributed by atoms with E-state index in [9.17, 15) is 9.59 Å². The molecule has 1 aromatic heterocycles. The van der Waals surface area contributed by atoms with Gasteiger partial charge in [0.2, 0.25) is 0 Å². The van der Waals surface area contributed by atoms with Gasteiger partial charge in [-0.1, -0.05) is 18.2 Å². The molecule has 1 aliphatic heterocycles. The van der Waals surface area contributed by atoms with Crippen LogP contribution in [0.15, 0.2) is 58.0 Å². The van der Waals surface area contributed by atoms with Crippen LogP contribution in [0.5, 0.6) is 5.75 Å². The number of carbonyl (C=O) groups excluding carboxylic acids is 2. The first kappa shape index (κ1) is 19.6. The van der Waals surface area contributed by atoms with E-state index in [1.165, 1.54) is 0 Å². The predicted molar refractivity (Wildman–Crippen MR) is 112 cm³/mol. The summed E-state index contributed by atoms with van der Waals surface area (Å²) >= 11 is 1.57. The number of methoxy groups -OCH3 is 1. The van der Waals surface area contributed by atoms with Gasteiger partial charge in [0, 0.05) is 28.6 Å². The van der Waals surface area contributed by atoms with Crippen molar-refractivity contribution in [2.45, 2.75) is 38.7 Å². The van der Waals surface area contributed by atoms with Crippen LogP contribution in [0, 0.1) is 5.92 Å². The highest BCUT2D eigenvalue weighted by Crippen LogP contribution is 2.44. The third-order valence-electron chi connectivity index (χ3n) is 5.51. The number of hydrogen-bond donors (Lipinski definition) is 0. The predicted octanol–water partition coefficient (Wildman–Crippen LogP) is 4.68. The number of thiophene rings is 1. The number of fused-ring (bicyclic) bond motifs is 1. The van der Waals surface area contributed by atoms with E-state index in [1.807, 2.05) is 48.7 Å². The fourth-order valence-electron chi connectivity index (χ4n) is 4.11. The summed E-state index contributed by atoms with van der Waals surface area (Å²) in [5, 5.41) is 1.98. The Labute approximate surface area is 174 Å². The summed E-state index contributed by atoms with van der Waals surface area (Å²) in [6, 6.07) is 11.3. The Morgan fingerprint density at radius 2 is 1.97 bits per heavy atom. The summed E-state index contributed by atoms with van der Waals surface area (Å²) in [4.78, 5) is 31.6. The van der Waals surface area contributed by atoms with Crippen LogP contribution in [0.25, 0.3) is 0 Å². The zero-order valence-corrected chi connectivity index (χ0v) is 17.3. The summed E-state index contributed by atoms with van der Waals surface area (Å²) in [6.45, 7) is 2.00. The minimum atomic E-state index is -0.405. The minimum Gasteiger partial charge on any atom is -0.497 e. The van der Waals surface area contributed by atoms with Gasteiger partial charge in [0.05, 0.1) is 18.6 Å². The first-order valence-corrected chi connectivity index (χ1v) is 10.6. The molecule has 1 fully saturated rings. The van der Waals surface area contributed by atoms with Crippen molar-refractivity contribution in [2.75, 3.05) is 7.11 Å². The molecule has 0 saturated heterocycles. The standard InChI is InChI=1S/C23H23NO4S/c1-14-20(23(26)28-13-15-8-10-16(27-2)11-9-15)22(19-7-4-12-29-19)21-17(24-14)5-3-6-18(21)25/h4,7-12,21-22H,3,5-6,13H2,1-2H3. The van der Waals surface area contributed by atoms with Gasteiger partial charge in [-0.05, 0) is 48.9 Å². The zero-order chi connectivity index (χ0) is 20.4. The van der Waals surface area contributed by atoms with Gasteiger partial charge >= 0.3 is 5.97 Å². The maximum Gasteiger partial charge on any atom is 0.336 e. The molecule has 29 heavy (non-hydrogen) atoms. The molecule has 0 amide bonds. The average Bonchev–Trinajstić information content (AvgIpc) is 3.26. The lowest BCUT2D eigenvalue weighted by atomic mass is 9.71. The molecule has 2 atom stereocenters. The van der Waals surface area contributed by atoms with E-state index in [0.717, 1.165) is 34.7 Å². The van der Waals surface area contributed by atoms with Crippen molar-refractivity contribution < 1.29 is 19.1 Å². The molecular formula is C23H23NO4S. The summed E-state index contributed by atoms with van der Waals surface area (Å²) in [6.07, 6.45) is 2.18. The van der Waals surface area contributed by atoms with Crippen molar-refractivity contribution in [3.05, 3.63) is 63.5 Å². The SMILES string of the molecule is COc1ccc(COC(=O)C2=C(C)N=C3CCCC(=O)C3C2c2cccs2)cc1. The van der Waals surface area contributed by atoms with Crippen LogP contribution in [0.1, 0.15) is 42.5 Å². The Hall–Kier alpha value is -2.73. The molecule has 2 aliphatic rings. The quantitative estimate of drug-likeness (QED) is 0.673. The highest BCUT2D eigenvalue weighted by Gasteiger charge is 2.44. The Kier molecular flexibility index (Phi) is 5.62. The van der Waals surface area contributed by atoms with Crippen molar-refractivity contribution in [1.29, 1.82) is 0 Å². The molecular weight excluding hydrogens is 386 g/mol. The van der Waals surface area contributed by atoms with E-state index in [1.54, 1.807) is 18.4 Å². The van der Waals surface area contributed by atoms with Crippen molar-refractivity contribution in [3.8, 4) is 5.75 Å². The molecule has 0 N–H and O–H groups in total. The molecule has 0 bridgehead atoms. The average molecular weight is 410 g/mol. The second-order valence-corrected chi connectivity index (χ2v) is 8.30. The molecule has 1 saturated carbocycles. The van der Waals surface area contributed by atoms with Crippen molar-refractivity contribution in [1.82, 2.24) is 0 Å². The number of aliphatic imine (C=N–C) groups is 1. The Morgan fingerprint density at radius 1 is 1.17 bits per heavy atom. The number of carbonyl (C=O) groups is 2. The fourth-order valence-corrected chi connectivity index (χ4v) is 4.98. The Balaban J connectivity index is 1.62. The number of ketones is 1. The highest BCUT2D eigenvalue weighted by molar-refractivity contribution is 7.10. The van der Waals surface area contributed by atoms with Crippen LogP contribution in [0.2, 0.25) is 0 Å². The lowest BCUT2D eigenvalue weighted by Gasteiger charge is -2.34. The number of Topliss-reactive ketones (excluding diaryl/α,β-unsaturated/α-hetero) is 1. The van der Waals surface area contributed by atoms with E-state index in [4.69, 9.17) is 9.47 Å². The fraction of sp³-hybridized carbons (Fsp3) is 0.348. The molecule has 1 aromatic carbocycles. The van der Waals surface area contributed by atoms with E-state index in [2.05, 4.69) is 4.99 Å². The van der Waals surface area contributed by atoms with E-state index >= 15 is 0 Å². The number of rotatable bonds is 5. The van der Waals surface area contributed by atoms with Crippen molar-refractivity contribution >= 4 is 28.8 Å². The van der Waals surface area contributed by atoms with Crippen LogP contribution in [0.3, 0.4) is 0 Å². The normalized spacial score (nSPS) is 21.4. The molecule has 0 radical (unpaired) electrons. The summed E-state index contributed by atoms with van der Waals surface area (Å²) in [5.41, 5.74) is 2.94. The maximum atomic E-state index is 13.1. The number of allylic oxidation sites excluding steroid dienone is 1. The van der Waals surface area contributed by atoms with Crippen molar-refractivity contribution in [3.63, 3.8) is 0 Å². The first-order chi connectivity index (χ1) is 14.1. The molecule has 5 nitrogen and oxygen atoms in total. The summed E-state index contributed by atoms with van der Waals surface area (Å²) in [5.74, 6) is -0.145. The Morgan fingerprint density at radius 3 is 2.66 bits per heavy atom. The molecule has 2 unspecified atom stereocenters. The van der Waals surface area contributed by atoms with Gasteiger partial charge in [0.25, 0.3) is 0 Å². The zero-order valence-electron chi connectivity index (χ0n) is 16.5.